The summed E-state index contributed by atoms with van der Waals surface area (Å²) >= 11 is 0. The first-order valence-corrected chi connectivity index (χ1v) is 12.3. The highest BCUT2D eigenvalue weighted by atomic mass is 16.3. The van der Waals surface area contributed by atoms with Crippen LogP contribution < -0.4 is 15.5 Å². The third-order valence-electron chi connectivity index (χ3n) is 7.28. The fourth-order valence-corrected chi connectivity index (χ4v) is 5.12. The van der Waals surface area contributed by atoms with Gasteiger partial charge in [-0.2, -0.15) is 0 Å². The zero-order valence-electron chi connectivity index (χ0n) is 20.7. The van der Waals surface area contributed by atoms with Gasteiger partial charge in [0.15, 0.2) is 0 Å². The molecule has 1 saturated carbocycles. The predicted octanol–water partition coefficient (Wildman–Crippen LogP) is 3.41. The lowest BCUT2D eigenvalue weighted by molar-refractivity contribution is -0.0396. The summed E-state index contributed by atoms with van der Waals surface area (Å²) in [4.78, 5) is 16.9. The maximum absolute atomic E-state index is 12.3. The van der Waals surface area contributed by atoms with Gasteiger partial charge < -0.3 is 20.6 Å². The number of carbonyl (C=O) groups is 1. The van der Waals surface area contributed by atoms with Gasteiger partial charge in [-0.15, -0.1) is 0 Å². The Bertz CT molecular complexity index is 1000. The molecule has 4 rings (SSSR count). The van der Waals surface area contributed by atoms with Gasteiger partial charge in [0.1, 0.15) is 0 Å². The molecule has 2 aromatic carbocycles. The first-order valence-electron chi connectivity index (χ1n) is 12.3. The van der Waals surface area contributed by atoms with Gasteiger partial charge in [-0.3, -0.25) is 9.69 Å². The van der Waals surface area contributed by atoms with Crippen molar-refractivity contribution in [3.05, 3.63) is 77.5 Å². The smallest absolute Gasteiger partial charge is 0.251 e. The molecule has 2 aliphatic rings. The van der Waals surface area contributed by atoms with Crippen molar-refractivity contribution in [2.45, 2.75) is 50.3 Å². The Labute approximate surface area is 203 Å². The van der Waals surface area contributed by atoms with Crippen LogP contribution in [0.1, 0.15) is 47.2 Å². The van der Waals surface area contributed by atoms with Gasteiger partial charge >= 0.3 is 0 Å². The van der Waals surface area contributed by atoms with Crippen molar-refractivity contribution in [1.82, 2.24) is 15.5 Å². The lowest BCUT2D eigenvalue weighted by Gasteiger charge is -2.48. The van der Waals surface area contributed by atoms with Gasteiger partial charge in [-0.1, -0.05) is 36.4 Å². The number of carbonyl (C=O) groups excluding carboxylic acids is 1. The van der Waals surface area contributed by atoms with Gasteiger partial charge in [0, 0.05) is 50.2 Å². The van der Waals surface area contributed by atoms with E-state index >= 15 is 0 Å². The second-order valence-corrected chi connectivity index (χ2v) is 10.2. The van der Waals surface area contributed by atoms with E-state index in [-0.39, 0.29) is 5.91 Å². The number of likely N-dealkylation sites (tertiary alicyclic amines) is 1. The van der Waals surface area contributed by atoms with E-state index in [1.54, 1.807) is 0 Å². The largest absolute Gasteiger partial charge is 0.385 e. The molecule has 6 heteroatoms. The Balaban J connectivity index is 1.17. The molecule has 0 unspecified atom stereocenters. The van der Waals surface area contributed by atoms with E-state index < -0.39 is 5.60 Å². The Morgan fingerprint density at radius 1 is 1.15 bits per heavy atom. The standard InChI is InChI=1S/C28H38N4O2/c1-20-6-5-7-22(16-20)27(33)29-17-21(2)30-24-18-32(19-24)26-12-14-28(34,15-13-26)23-8-10-25(11-9-23)31(3)4/h5-11,16,24,26,30,34H,2,12-15,17-19H2,1,3-4H3,(H,29,33). The van der Waals surface area contributed by atoms with E-state index in [0.29, 0.717) is 24.2 Å². The SMILES string of the molecule is C=C(CNC(=O)c1cccc(C)c1)NC1CN(C2CCC(O)(c3ccc(N(C)C)cc3)CC2)C1. The monoisotopic (exact) mass is 462 g/mol. The van der Waals surface area contributed by atoms with Crippen molar-refractivity contribution in [3.8, 4) is 0 Å². The molecule has 0 radical (unpaired) electrons. The van der Waals surface area contributed by atoms with Gasteiger partial charge in [-0.05, 0) is 62.4 Å². The summed E-state index contributed by atoms with van der Waals surface area (Å²) in [6.45, 7) is 8.45. The summed E-state index contributed by atoms with van der Waals surface area (Å²) in [5.41, 5.74) is 4.05. The highest BCUT2D eigenvalue weighted by Gasteiger charge is 2.40. The summed E-state index contributed by atoms with van der Waals surface area (Å²) in [7, 11) is 4.06. The zero-order chi connectivity index (χ0) is 24.3. The Morgan fingerprint density at radius 2 is 1.82 bits per heavy atom. The van der Waals surface area contributed by atoms with Crippen LogP contribution in [0.4, 0.5) is 5.69 Å². The molecule has 182 valence electrons. The molecule has 0 bridgehead atoms. The molecule has 1 aliphatic carbocycles. The molecule has 1 saturated heterocycles. The van der Waals surface area contributed by atoms with Crippen LogP contribution in [0.25, 0.3) is 0 Å². The van der Waals surface area contributed by atoms with Crippen molar-refractivity contribution in [3.63, 3.8) is 0 Å². The summed E-state index contributed by atoms with van der Waals surface area (Å²) in [5, 5.41) is 17.6. The number of aliphatic hydroxyl groups is 1. The van der Waals surface area contributed by atoms with Crippen LogP contribution in [0, 0.1) is 6.92 Å². The van der Waals surface area contributed by atoms with Crippen molar-refractivity contribution in [1.29, 1.82) is 0 Å². The molecular weight excluding hydrogens is 424 g/mol. The second-order valence-electron chi connectivity index (χ2n) is 10.2. The summed E-state index contributed by atoms with van der Waals surface area (Å²) < 4.78 is 0. The van der Waals surface area contributed by atoms with Crippen LogP contribution in [0.2, 0.25) is 0 Å². The summed E-state index contributed by atoms with van der Waals surface area (Å²) in [6, 6.07) is 16.8. The Morgan fingerprint density at radius 3 is 2.44 bits per heavy atom. The van der Waals surface area contributed by atoms with E-state index in [1.807, 2.05) is 45.3 Å². The molecule has 34 heavy (non-hydrogen) atoms. The van der Waals surface area contributed by atoms with Crippen molar-refractivity contribution >= 4 is 11.6 Å². The van der Waals surface area contributed by atoms with Gasteiger partial charge in [0.25, 0.3) is 5.91 Å². The number of amides is 1. The normalized spacial score (nSPS) is 23.1. The third-order valence-corrected chi connectivity index (χ3v) is 7.28. The van der Waals surface area contributed by atoms with Crippen LogP contribution in [0.3, 0.4) is 0 Å². The van der Waals surface area contributed by atoms with Gasteiger partial charge in [-0.25, -0.2) is 0 Å². The maximum atomic E-state index is 12.3. The van der Waals surface area contributed by atoms with E-state index in [1.165, 1.54) is 0 Å². The molecule has 1 heterocycles. The van der Waals surface area contributed by atoms with Crippen LogP contribution in [0.15, 0.2) is 60.8 Å². The lowest BCUT2D eigenvalue weighted by atomic mass is 9.76. The first kappa shape index (κ1) is 24.3. The number of anilines is 1. The number of benzene rings is 2. The number of nitrogens with zero attached hydrogens (tertiary/aromatic N) is 2. The minimum Gasteiger partial charge on any atom is -0.385 e. The van der Waals surface area contributed by atoms with Crippen LogP contribution in [-0.2, 0) is 5.60 Å². The molecule has 0 aromatic heterocycles. The minimum atomic E-state index is -0.715. The molecule has 2 fully saturated rings. The zero-order valence-corrected chi connectivity index (χ0v) is 20.7. The molecule has 0 atom stereocenters. The van der Waals surface area contributed by atoms with Crippen molar-refractivity contribution < 1.29 is 9.90 Å². The molecule has 2 aromatic rings. The molecular formula is C28H38N4O2. The fourth-order valence-electron chi connectivity index (χ4n) is 5.12. The third kappa shape index (κ3) is 5.62. The molecule has 0 spiro atoms. The molecule has 1 aliphatic heterocycles. The number of rotatable bonds is 8. The molecule has 6 nitrogen and oxygen atoms in total. The van der Waals surface area contributed by atoms with E-state index in [9.17, 15) is 9.90 Å². The predicted molar refractivity (Wildman–Crippen MR) is 138 cm³/mol. The van der Waals surface area contributed by atoms with E-state index in [0.717, 1.165) is 61.3 Å². The minimum absolute atomic E-state index is 0.0760. The van der Waals surface area contributed by atoms with Crippen LogP contribution in [-0.4, -0.2) is 61.7 Å². The Hall–Kier alpha value is -2.83. The number of nitrogens with one attached hydrogen (secondary N) is 2. The fraction of sp³-hybridized carbons (Fsp3) is 0.464. The van der Waals surface area contributed by atoms with Crippen LogP contribution in [0.5, 0.6) is 0 Å². The quantitative estimate of drug-likeness (QED) is 0.561. The highest BCUT2D eigenvalue weighted by Crippen LogP contribution is 2.40. The van der Waals surface area contributed by atoms with Gasteiger partial charge in [0.2, 0.25) is 0 Å². The van der Waals surface area contributed by atoms with Crippen molar-refractivity contribution in [2.75, 3.05) is 38.6 Å². The molecule has 1 amide bonds. The van der Waals surface area contributed by atoms with E-state index in [4.69, 9.17) is 0 Å². The highest BCUT2D eigenvalue weighted by molar-refractivity contribution is 5.94. The number of hydrogen-bond donors (Lipinski definition) is 3. The van der Waals surface area contributed by atoms with E-state index in [2.05, 4.69) is 51.3 Å². The molecule has 3 N–H and O–H groups in total. The second kappa shape index (κ2) is 10.2. The first-order chi connectivity index (χ1) is 16.2. The number of hydrogen-bond acceptors (Lipinski definition) is 5. The average Bonchev–Trinajstić information content (AvgIpc) is 2.80. The topological polar surface area (TPSA) is 67.8 Å². The lowest BCUT2D eigenvalue weighted by Crippen LogP contribution is -2.62. The van der Waals surface area contributed by atoms with Gasteiger partial charge in [0.05, 0.1) is 18.2 Å². The Kier molecular flexibility index (Phi) is 7.29. The summed E-state index contributed by atoms with van der Waals surface area (Å²) in [5.74, 6) is -0.0760. The number of aryl methyl sites for hydroxylation is 1. The maximum Gasteiger partial charge on any atom is 0.251 e. The van der Waals surface area contributed by atoms with Crippen LogP contribution >= 0.6 is 0 Å². The average molecular weight is 463 g/mol. The summed E-state index contributed by atoms with van der Waals surface area (Å²) in [6.07, 6.45) is 3.61. The van der Waals surface area contributed by atoms with Crippen molar-refractivity contribution in [2.24, 2.45) is 0 Å².